The molecular formula is C20H19NO6S. The van der Waals surface area contributed by atoms with E-state index >= 15 is 0 Å². The second-order valence-corrected chi connectivity index (χ2v) is 7.07. The van der Waals surface area contributed by atoms with Crippen LogP contribution in [0.5, 0.6) is 5.75 Å². The van der Waals surface area contributed by atoms with Gasteiger partial charge in [0.15, 0.2) is 13.2 Å². The molecule has 2 heterocycles. The fourth-order valence-corrected chi connectivity index (χ4v) is 3.26. The van der Waals surface area contributed by atoms with Gasteiger partial charge in [-0.3, -0.25) is 4.79 Å². The van der Waals surface area contributed by atoms with Crippen molar-refractivity contribution >= 4 is 34.2 Å². The topological polar surface area (TPSA) is 94.8 Å². The Kier molecular flexibility index (Phi) is 6.44. The Bertz CT molecular complexity index is 1020. The number of rotatable bonds is 8. The maximum absolute atomic E-state index is 11.8. The molecule has 0 aliphatic carbocycles. The van der Waals surface area contributed by atoms with E-state index in [9.17, 15) is 14.4 Å². The van der Waals surface area contributed by atoms with Gasteiger partial charge in [0, 0.05) is 28.9 Å². The van der Waals surface area contributed by atoms with Crippen molar-refractivity contribution < 1.29 is 23.5 Å². The molecule has 3 aromatic rings. The van der Waals surface area contributed by atoms with Gasteiger partial charge in [-0.2, -0.15) is 0 Å². The number of thiophene rings is 1. The molecule has 2 aromatic heterocycles. The van der Waals surface area contributed by atoms with Crippen LogP contribution in [0, 0.1) is 6.92 Å². The highest BCUT2D eigenvalue weighted by Gasteiger charge is 2.10. The SMILES string of the molecule is Cc1cc(=O)oc2cc(OCC(=O)OCC(=O)NCCc3cccs3)ccc12. The molecule has 1 N–H and O–H groups in total. The van der Waals surface area contributed by atoms with Crippen molar-refractivity contribution in [3.63, 3.8) is 0 Å². The van der Waals surface area contributed by atoms with Gasteiger partial charge in [-0.05, 0) is 42.5 Å². The fraction of sp³-hybridized carbons (Fsp3) is 0.250. The number of hydrogen-bond acceptors (Lipinski definition) is 7. The van der Waals surface area contributed by atoms with Gasteiger partial charge in [0.1, 0.15) is 11.3 Å². The smallest absolute Gasteiger partial charge is 0.344 e. The second kappa shape index (κ2) is 9.18. The lowest BCUT2D eigenvalue weighted by Crippen LogP contribution is -2.31. The Morgan fingerprint density at radius 2 is 2.04 bits per heavy atom. The number of amides is 1. The largest absolute Gasteiger partial charge is 0.482 e. The van der Waals surface area contributed by atoms with E-state index in [1.54, 1.807) is 23.5 Å². The summed E-state index contributed by atoms with van der Waals surface area (Å²) in [5.74, 6) is -0.675. The lowest BCUT2D eigenvalue weighted by atomic mass is 10.1. The first-order valence-corrected chi connectivity index (χ1v) is 9.51. The highest BCUT2D eigenvalue weighted by Crippen LogP contribution is 2.22. The van der Waals surface area contributed by atoms with Crippen molar-refractivity contribution in [2.45, 2.75) is 13.3 Å². The van der Waals surface area contributed by atoms with Crippen molar-refractivity contribution in [1.29, 1.82) is 0 Å². The molecule has 0 aliphatic heterocycles. The van der Waals surface area contributed by atoms with Gasteiger partial charge < -0.3 is 19.2 Å². The predicted molar refractivity (Wildman–Crippen MR) is 105 cm³/mol. The first kappa shape index (κ1) is 19.6. The molecule has 0 saturated heterocycles. The van der Waals surface area contributed by atoms with Gasteiger partial charge in [0.2, 0.25) is 0 Å². The quantitative estimate of drug-likeness (QED) is 0.460. The third-order valence-corrected chi connectivity index (χ3v) is 4.85. The van der Waals surface area contributed by atoms with Crippen LogP contribution in [0.15, 0.2) is 51.0 Å². The van der Waals surface area contributed by atoms with Crippen molar-refractivity contribution in [1.82, 2.24) is 5.32 Å². The number of ether oxygens (including phenoxy) is 2. The van der Waals surface area contributed by atoms with E-state index in [-0.39, 0.29) is 19.1 Å². The molecule has 0 spiro atoms. The van der Waals surface area contributed by atoms with Crippen LogP contribution >= 0.6 is 11.3 Å². The van der Waals surface area contributed by atoms with Gasteiger partial charge >= 0.3 is 11.6 Å². The van der Waals surface area contributed by atoms with Gasteiger partial charge in [0.25, 0.3) is 5.91 Å². The fourth-order valence-electron chi connectivity index (χ4n) is 2.56. The molecule has 0 aliphatic rings. The standard InChI is InChI=1S/C20H19NO6S/c1-13-9-19(23)27-17-10-14(4-5-16(13)17)25-12-20(24)26-11-18(22)21-7-6-15-3-2-8-28-15/h2-5,8-10H,6-7,11-12H2,1H3,(H,21,22). The number of esters is 1. The Hall–Kier alpha value is -3.13. The van der Waals surface area contributed by atoms with E-state index in [1.807, 2.05) is 24.4 Å². The van der Waals surface area contributed by atoms with Crippen LogP contribution in [0.2, 0.25) is 0 Å². The molecule has 1 aromatic carbocycles. The minimum Gasteiger partial charge on any atom is -0.482 e. The molecule has 7 nitrogen and oxygen atoms in total. The Balaban J connectivity index is 1.42. The minimum atomic E-state index is -0.667. The lowest BCUT2D eigenvalue weighted by molar-refractivity contribution is -0.150. The number of carbonyl (C=O) groups is 2. The number of nitrogens with one attached hydrogen (secondary N) is 1. The lowest BCUT2D eigenvalue weighted by Gasteiger charge is -2.08. The summed E-state index contributed by atoms with van der Waals surface area (Å²) < 4.78 is 15.4. The molecule has 0 fully saturated rings. The molecular weight excluding hydrogens is 382 g/mol. The first-order valence-electron chi connectivity index (χ1n) is 8.63. The molecule has 8 heteroatoms. The zero-order chi connectivity index (χ0) is 19.9. The van der Waals surface area contributed by atoms with Crippen LogP contribution in [0.1, 0.15) is 10.4 Å². The number of aryl methyl sites for hydroxylation is 1. The molecule has 3 rings (SSSR count). The average Bonchev–Trinajstić information content (AvgIpc) is 3.17. The summed E-state index contributed by atoms with van der Waals surface area (Å²) in [4.78, 5) is 36.1. The normalized spacial score (nSPS) is 10.6. The summed E-state index contributed by atoms with van der Waals surface area (Å²) in [5.41, 5.74) is 0.718. The van der Waals surface area contributed by atoms with E-state index in [0.29, 0.717) is 17.9 Å². The van der Waals surface area contributed by atoms with Crippen LogP contribution in [-0.4, -0.2) is 31.6 Å². The number of benzene rings is 1. The monoisotopic (exact) mass is 401 g/mol. The molecule has 0 bridgehead atoms. The van der Waals surface area contributed by atoms with Crippen LogP contribution in [0.3, 0.4) is 0 Å². The molecule has 1 amide bonds. The molecule has 146 valence electrons. The molecule has 0 saturated carbocycles. The molecule has 0 radical (unpaired) electrons. The number of carbonyl (C=O) groups excluding carboxylic acids is 2. The Labute approximate surface area is 164 Å². The van der Waals surface area contributed by atoms with Crippen LogP contribution < -0.4 is 15.7 Å². The van der Waals surface area contributed by atoms with E-state index in [0.717, 1.165) is 17.4 Å². The second-order valence-electron chi connectivity index (χ2n) is 6.04. The van der Waals surface area contributed by atoms with E-state index in [2.05, 4.69) is 5.32 Å². The van der Waals surface area contributed by atoms with Gasteiger partial charge in [0.05, 0.1) is 0 Å². The van der Waals surface area contributed by atoms with E-state index in [4.69, 9.17) is 13.9 Å². The highest BCUT2D eigenvalue weighted by molar-refractivity contribution is 7.09. The van der Waals surface area contributed by atoms with Crippen LogP contribution in [-0.2, 0) is 20.7 Å². The Morgan fingerprint density at radius 3 is 2.82 bits per heavy atom. The van der Waals surface area contributed by atoms with Crippen molar-refractivity contribution in [3.05, 3.63) is 62.6 Å². The predicted octanol–water partition coefficient (Wildman–Crippen LogP) is 2.44. The molecule has 28 heavy (non-hydrogen) atoms. The summed E-state index contributed by atoms with van der Waals surface area (Å²) >= 11 is 1.62. The average molecular weight is 401 g/mol. The molecule has 0 unspecified atom stereocenters. The van der Waals surface area contributed by atoms with Crippen LogP contribution in [0.4, 0.5) is 0 Å². The summed E-state index contributed by atoms with van der Waals surface area (Å²) in [6.45, 7) is 1.57. The van der Waals surface area contributed by atoms with E-state index < -0.39 is 11.6 Å². The third kappa shape index (κ3) is 5.43. The van der Waals surface area contributed by atoms with Crippen molar-refractivity contribution in [2.24, 2.45) is 0 Å². The summed E-state index contributed by atoms with van der Waals surface area (Å²) in [5, 5.41) is 5.45. The third-order valence-electron chi connectivity index (χ3n) is 3.92. The number of fused-ring (bicyclic) bond motifs is 1. The summed E-state index contributed by atoms with van der Waals surface area (Å²) in [6, 6.07) is 10.3. The van der Waals surface area contributed by atoms with Crippen molar-refractivity contribution in [2.75, 3.05) is 19.8 Å². The van der Waals surface area contributed by atoms with Gasteiger partial charge in [-0.25, -0.2) is 9.59 Å². The highest BCUT2D eigenvalue weighted by atomic mass is 32.1. The van der Waals surface area contributed by atoms with E-state index in [1.165, 1.54) is 17.0 Å². The zero-order valence-electron chi connectivity index (χ0n) is 15.2. The first-order chi connectivity index (χ1) is 13.5. The van der Waals surface area contributed by atoms with Crippen LogP contribution in [0.25, 0.3) is 11.0 Å². The van der Waals surface area contributed by atoms with Gasteiger partial charge in [-0.1, -0.05) is 6.07 Å². The maximum Gasteiger partial charge on any atom is 0.344 e. The number of hydrogen-bond donors (Lipinski definition) is 1. The zero-order valence-corrected chi connectivity index (χ0v) is 16.0. The summed E-state index contributed by atoms with van der Waals surface area (Å²) in [7, 11) is 0. The van der Waals surface area contributed by atoms with Crippen molar-refractivity contribution in [3.8, 4) is 5.75 Å². The Morgan fingerprint density at radius 1 is 1.18 bits per heavy atom. The maximum atomic E-state index is 11.8. The van der Waals surface area contributed by atoms with Gasteiger partial charge in [-0.15, -0.1) is 11.3 Å². The molecule has 0 atom stereocenters. The summed E-state index contributed by atoms with van der Waals surface area (Å²) in [6.07, 6.45) is 0.734. The minimum absolute atomic E-state index is 0.357.